The van der Waals surface area contributed by atoms with Gasteiger partial charge in [-0.1, -0.05) is 23.5 Å². The minimum absolute atomic E-state index is 0.107. The summed E-state index contributed by atoms with van der Waals surface area (Å²) in [6.07, 6.45) is 1.40. The van der Waals surface area contributed by atoms with Gasteiger partial charge in [0.05, 0.1) is 31.7 Å². The van der Waals surface area contributed by atoms with Crippen LogP contribution in [0.5, 0.6) is 5.75 Å². The van der Waals surface area contributed by atoms with Crippen LogP contribution in [0.15, 0.2) is 52.7 Å². The van der Waals surface area contributed by atoms with Gasteiger partial charge < -0.3 is 19.0 Å². The average molecular weight is 454 g/mol. The number of hydrogen-bond acceptors (Lipinski definition) is 9. The molecule has 0 aliphatic carbocycles. The lowest BCUT2D eigenvalue weighted by Crippen LogP contribution is -2.29. The smallest absolute Gasteiger partial charge is 0.350 e. The molecule has 9 nitrogen and oxygen atoms in total. The Morgan fingerprint density at radius 2 is 2.00 bits per heavy atom. The number of rotatable bonds is 5. The molecule has 1 saturated heterocycles. The molecule has 10 heteroatoms. The fourth-order valence-electron chi connectivity index (χ4n) is 3.44. The number of furan rings is 1. The van der Waals surface area contributed by atoms with E-state index in [0.717, 1.165) is 16.2 Å². The van der Waals surface area contributed by atoms with Gasteiger partial charge in [0, 0.05) is 5.56 Å². The van der Waals surface area contributed by atoms with Crippen molar-refractivity contribution < 1.29 is 33.4 Å². The molecule has 0 bridgehead atoms. The van der Waals surface area contributed by atoms with Crippen molar-refractivity contribution in [1.29, 1.82) is 0 Å². The molecule has 0 spiro atoms. The minimum atomic E-state index is -1.08. The SMILES string of the molecule is COC(=O)c1sc(N2C(=O)C(=O)C(=C(O)c3cccc(OC)c3)C2c2ccco2)nc1C. The van der Waals surface area contributed by atoms with Gasteiger partial charge in [0.25, 0.3) is 5.78 Å². The Labute approximate surface area is 186 Å². The number of carbonyl (C=O) groups is 3. The number of aliphatic hydroxyl groups is 1. The number of nitrogens with zero attached hydrogens (tertiary/aromatic N) is 2. The van der Waals surface area contributed by atoms with Crippen LogP contribution in [-0.2, 0) is 14.3 Å². The second-order valence-electron chi connectivity index (χ2n) is 6.82. The first-order valence-corrected chi connectivity index (χ1v) is 10.2. The van der Waals surface area contributed by atoms with Crippen LogP contribution in [0, 0.1) is 6.92 Å². The van der Waals surface area contributed by atoms with Crippen molar-refractivity contribution in [2.45, 2.75) is 13.0 Å². The third-order valence-corrected chi connectivity index (χ3v) is 6.10. The number of aryl methyl sites for hydroxylation is 1. The number of esters is 1. The number of Topliss-reactive ketones (excluding diaryl/α,β-unsaturated/α-hetero) is 1. The molecule has 1 N–H and O–H groups in total. The summed E-state index contributed by atoms with van der Waals surface area (Å²) in [6.45, 7) is 1.60. The molecule has 32 heavy (non-hydrogen) atoms. The van der Waals surface area contributed by atoms with Crippen molar-refractivity contribution in [1.82, 2.24) is 4.98 Å². The molecule has 3 heterocycles. The number of hydrogen-bond donors (Lipinski definition) is 1. The highest BCUT2D eigenvalue weighted by Gasteiger charge is 2.49. The topological polar surface area (TPSA) is 119 Å². The van der Waals surface area contributed by atoms with Crippen LogP contribution < -0.4 is 9.64 Å². The highest BCUT2D eigenvalue weighted by Crippen LogP contribution is 2.44. The molecule has 0 saturated carbocycles. The molecule has 0 radical (unpaired) electrons. The van der Waals surface area contributed by atoms with Gasteiger partial charge in [0.1, 0.15) is 28.2 Å². The zero-order valence-electron chi connectivity index (χ0n) is 17.3. The number of benzene rings is 1. The van der Waals surface area contributed by atoms with E-state index in [0.29, 0.717) is 17.0 Å². The first-order valence-electron chi connectivity index (χ1n) is 9.42. The fraction of sp³-hybridized carbons (Fsp3) is 0.182. The van der Waals surface area contributed by atoms with Crippen LogP contribution in [0.25, 0.3) is 5.76 Å². The van der Waals surface area contributed by atoms with E-state index in [1.807, 2.05) is 0 Å². The standard InChI is InChI=1S/C22H18N2O7S/c1-11-19(21(28)30-3)32-22(23-11)24-16(14-8-5-9-31-14)15(18(26)20(24)27)17(25)12-6-4-7-13(10-12)29-2/h4-10,16,25H,1-3H3. The predicted molar refractivity (Wildman–Crippen MR) is 115 cm³/mol. The summed E-state index contributed by atoms with van der Waals surface area (Å²) in [5.74, 6) is -2.07. The van der Waals surface area contributed by atoms with E-state index in [2.05, 4.69) is 4.98 Å². The third kappa shape index (κ3) is 3.44. The summed E-state index contributed by atoms with van der Waals surface area (Å²) in [4.78, 5) is 43.8. The number of aromatic nitrogens is 1. The minimum Gasteiger partial charge on any atom is -0.507 e. The van der Waals surface area contributed by atoms with Gasteiger partial charge in [-0.2, -0.15) is 0 Å². The molecule has 1 aromatic carbocycles. The molecule has 1 unspecified atom stereocenters. The molecule has 1 fully saturated rings. The number of anilines is 1. The van der Waals surface area contributed by atoms with Gasteiger partial charge in [0.15, 0.2) is 5.13 Å². The quantitative estimate of drug-likeness (QED) is 0.269. The second-order valence-corrected chi connectivity index (χ2v) is 7.80. The summed E-state index contributed by atoms with van der Waals surface area (Å²) in [6, 6.07) is 8.59. The van der Waals surface area contributed by atoms with Crippen molar-refractivity contribution >= 4 is 39.9 Å². The number of amides is 1. The maximum atomic E-state index is 13.1. The maximum absolute atomic E-state index is 13.1. The summed E-state index contributed by atoms with van der Waals surface area (Å²) >= 11 is 0.913. The van der Waals surface area contributed by atoms with E-state index in [1.165, 1.54) is 20.5 Å². The van der Waals surface area contributed by atoms with Crippen molar-refractivity contribution in [3.8, 4) is 5.75 Å². The molecular formula is C22H18N2O7S. The zero-order chi connectivity index (χ0) is 23.0. The molecule has 2 aromatic heterocycles. The number of thiazole rings is 1. The zero-order valence-corrected chi connectivity index (χ0v) is 18.1. The highest BCUT2D eigenvalue weighted by molar-refractivity contribution is 7.17. The predicted octanol–water partition coefficient (Wildman–Crippen LogP) is 3.47. The van der Waals surface area contributed by atoms with Crippen LogP contribution in [-0.4, -0.2) is 42.0 Å². The normalized spacial score (nSPS) is 17.6. The maximum Gasteiger partial charge on any atom is 0.350 e. The fourth-order valence-corrected chi connectivity index (χ4v) is 4.45. The van der Waals surface area contributed by atoms with Crippen LogP contribution in [0.2, 0.25) is 0 Å². The van der Waals surface area contributed by atoms with Crippen LogP contribution in [0.4, 0.5) is 5.13 Å². The Morgan fingerprint density at radius 1 is 1.22 bits per heavy atom. The van der Waals surface area contributed by atoms with E-state index in [-0.39, 0.29) is 27.1 Å². The summed E-state index contributed by atoms with van der Waals surface area (Å²) in [7, 11) is 2.72. The number of aliphatic hydroxyl groups excluding tert-OH is 1. The Kier molecular flexibility index (Phi) is 5.54. The first kappa shape index (κ1) is 21.3. The van der Waals surface area contributed by atoms with Gasteiger partial charge in [-0.25, -0.2) is 9.78 Å². The number of ether oxygens (including phenoxy) is 2. The monoisotopic (exact) mass is 454 g/mol. The lowest BCUT2D eigenvalue weighted by atomic mass is 9.99. The Balaban J connectivity index is 1.90. The summed E-state index contributed by atoms with van der Waals surface area (Å²) < 4.78 is 15.4. The van der Waals surface area contributed by atoms with Crippen molar-refractivity contribution in [2.75, 3.05) is 19.1 Å². The molecule has 3 aromatic rings. The number of carbonyl (C=O) groups excluding carboxylic acids is 3. The largest absolute Gasteiger partial charge is 0.507 e. The Bertz CT molecular complexity index is 1240. The van der Waals surface area contributed by atoms with Gasteiger partial charge in [-0.15, -0.1) is 0 Å². The van der Waals surface area contributed by atoms with Crippen molar-refractivity contribution in [2.24, 2.45) is 0 Å². The lowest BCUT2D eigenvalue weighted by Gasteiger charge is -2.20. The average Bonchev–Trinajstić information content (AvgIpc) is 3.52. The van der Waals surface area contributed by atoms with E-state index >= 15 is 0 Å². The van der Waals surface area contributed by atoms with Gasteiger partial charge >= 0.3 is 11.9 Å². The van der Waals surface area contributed by atoms with E-state index in [1.54, 1.807) is 43.3 Å². The molecular weight excluding hydrogens is 436 g/mol. The Morgan fingerprint density at radius 3 is 2.66 bits per heavy atom. The van der Waals surface area contributed by atoms with Crippen LogP contribution in [0.3, 0.4) is 0 Å². The van der Waals surface area contributed by atoms with E-state index in [4.69, 9.17) is 13.9 Å². The highest BCUT2D eigenvalue weighted by atomic mass is 32.1. The molecule has 1 amide bonds. The van der Waals surface area contributed by atoms with Gasteiger partial charge in [-0.3, -0.25) is 14.5 Å². The second kappa shape index (κ2) is 8.31. The van der Waals surface area contributed by atoms with Crippen LogP contribution >= 0.6 is 11.3 Å². The lowest BCUT2D eigenvalue weighted by molar-refractivity contribution is -0.132. The van der Waals surface area contributed by atoms with Crippen molar-refractivity contribution in [3.05, 3.63) is 70.1 Å². The molecule has 164 valence electrons. The molecule has 4 rings (SSSR count). The van der Waals surface area contributed by atoms with Gasteiger partial charge in [0.2, 0.25) is 0 Å². The number of methoxy groups -OCH3 is 2. The van der Waals surface area contributed by atoms with Crippen molar-refractivity contribution in [3.63, 3.8) is 0 Å². The summed E-state index contributed by atoms with van der Waals surface area (Å²) in [5.41, 5.74) is 0.486. The molecule has 1 aliphatic heterocycles. The molecule has 1 aliphatic rings. The van der Waals surface area contributed by atoms with Crippen LogP contribution in [0.1, 0.15) is 32.7 Å². The van der Waals surface area contributed by atoms with E-state index < -0.39 is 23.7 Å². The number of ketones is 1. The first-order chi connectivity index (χ1) is 15.4. The third-order valence-electron chi connectivity index (χ3n) is 4.96. The summed E-state index contributed by atoms with van der Waals surface area (Å²) in [5, 5.41) is 11.1. The molecule has 1 atom stereocenters. The van der Waals surface area contributed by atoms with E-state index in [9.17, 15) is 19.5 Å². The Hall–Kier alpha value is -3.92. The van der Waals surface area contributed by atoms with Gasteiger partial charge in [-0.05, 0) is 31.2 Å².